The summed E-state index contributed by atoms with van der Waals surface area (Å²) in [5, 5.41) is 0.519. The fraction of sp³-hybridized carbons (Fsp3) is 0.444. The van der Waals surface area contributed by atoms with Crippen LogP contribution in [0.25, 0.3) is 11.4 Å². The summed E-state index contributed by atoms with van der Waals surface area (Å²) in [4.78, 5) is 24.7. The van der Waals surface area contributed by atoms with Gasteiger partial charge in [0.25, 0.3) is 0 Å². The highest BCUT2D eigenvalue weighted by molar-refractivity contribution is 7.99. The van der Waals surface area contributed by atoms with Crippen molar-refractivity contribution >= 4 is 17.7 Å². The van der Waals surface area contributed by atoms with Gasteiger partial charge in [0.15, 0.2) is 10.9 Å². The maximum Gasteiger partial charge on any atom is 0.316 e. The number of pyridine rings is 1. The first-order chi connectivity index (χ1) is 12.6. The van der Waals surface area contributed by atoms with Crippen molar-refractivity contribution in [1.29, 1.82) is 0 Å². The summed E-state index contributed by atoms with van der Waals surface area (Å²) in [6, 6.07) is 7.42. The molecule has 26 heavy (non-hydrogen) atoms. The fourth-order valence-electron chi connectivity index (χ4n) is 2.51. The Balaban J connectivity index is 1.40. The average Bonchev–Trinajstić information content (AvgIpc) is 3.11. The Bertz CT molecular complexity index is 723. The van der Waals surface area contributed by atoms with Gasteiger partial charge in [-0.05, 0) is 31.5 Å². The summed E-state index contributed by atoms with van der Waals surface area (Å²) in [5.74, 6) is -0.670. The molecule has 0 spiro atoms. The van der Waals surface area contributed by atoms with E-state index in [-0.39, 0.29) is 11.7 Å². The number of carbonyl (C=O) groups excluding carboxylic acids is 1. The summed E-state index contributed by atoms with van der Waals surface area (Å²) in [5.41, 5.74) is 1.49. The van der Waals surface area contributed by atoms with Crippen LogP contribution >= 0.6 is 11.8 Å². The number of carbonyl (C=O) groups is 1. The lowest BCUT2D eigenvalue weighted by atomic mass is 10.2. The molecule has 8 heteroatoms. The molecule has 2 aromatic heterocycles. The maximum atomic E-state index is 11.9. The molecule has 1 aliphatic rings. The van der Waals surface area contributed by atoms with Crippen molar-refractivity contribution in [3.05, 3.63) is 36.7 Å². The van der Waals surface area contributed by atoms with Crippen molar-refractivity contribution in [2.24, 2.45) is 0 Å². The third kappa shape index (κ3) is 5.48. The van der Waals surface area contributed by atoms with Crippen LogP contribution in [0.15, 0.2) is 41.8 Å². The first-order valence-corrected chi connectivity index (χ1v) is 9.44. The molecule has 0 aromatic carbocycles. The summed E-state index contributed by atoms with van der Waals surface area (Å²) < 4.78 is 16.3. The molecule has 0 saturated carbocycles. The minimum atomic E-state index is -0.541. The van der Waals surface area contributed by atoms with Gasteiger partial charge in [-0.15, -0.1) is 0 Å². The topological polar surface area (TPSA) is 83.4 Å². The van der Waals surface area contributed by atoms with Gasteiger partial charge in [0.05, 0.1) is 37.0 Å². The molecule has 1 aliphatic heterocycles. The van der Waals surface area contributed by atoms with Crippen molar-refractivity contribution in [2.45, 2.75) is 30.7 Å². The van der Waals surface area contributed by atoms with Gasteiger partial charge in [-0.3, -0.25) is 9.78 Å². The molecular weight excluding hydrogens is 354 g/mol. The third-order valence-corrected chi connectivity index (χ3v) is 4.65. The molecule has 7 nitrogen and oxygen atoms in total. The molecule has 0 bridgehead atoms. The monoisotopic (exact) mass is 375 g/mol. The molecule has 1 fully saturated rings. The molecule has 2 aromatic rings. The van der Waals surface area contributed by atoms with Gasteiger partial charge in [-0.1, -0.05) is 17.8 Å². The van der Waals surface area contributed by atoms with E-state index in [9.17, 15) is 4.79 Å². The molecule has 138 valence electrons. The van der Waals surface area contributed by atoms with Crippen LogP contribution in [0.1, 0.15) is 19.8 Å². The summed E-state index contributed by atoms with van der Waals surface area (Å²) >= 11 is 1.25. The minimum Gasteiger partial charge on any atom is -0.465 e. The van der Waals surface area contributed by atoms with Crippen LogP contribution in [-0.2, 0) is 19.0 Å². The third-order valence-electron chi connectivity index (χ3n) is 3.82. The minimum absolute atomic E-state index is 0.163. The van der Waals surface area contributed by atoms with Crippen molar-refractivity contribution < 1.29 is 19.0 Å². The van der Waals surface area contributed by atoms with Crippen LogP contribution in [0.4, 0.5) is 0 Å². The van der Waals surface area contributed by atoms with Gasteiger partial charge in [-0.2, -0.15) is 0 Å². The summed E-state index contributed by atoms with van der Waals surface area (Å²) in [6.45, 7) is 3.48. The van der Waals surface area contributed by atoms with Crippen molar-refractivity contribution in [1.82, 2.24) is 15.0 Å². The van der Waals surface area contributed by atoms with E-state index in [2.05, 4.69) is 15.0 Å². The van der Waals surface area contributed by atoms with Crippen molar-refractivity contribution in [3.8, 4) is 11.4 Å². The second kappa shape index (κ2) is 9.07. The lowest BCUT2D eigenvalue weighted by Crippen LogP contribution is -2.26. The molecule has 0 atom stereocenters. The first kappa shape index (κ1) is 18.8. The van der Waals surface area contributed by atoms with Crippen LogP contribution in [0, 0.1) is 0 Å². The molecule has 1 saturated heterocycles. The molecule has 0 aliphatic carbocycles. The Morgan fingerprint density at radius 3 is 2.81 bits per heavy atom. The summed E-state index contributed by atoms with van der Waals surface area (Å²) in [6.07, 6.45) is 4.76. The average molecular weight is 375 g/mol. The van der Waals surface area contributed by atoms with E-state index >= 15 is 0 Å². The molecule has 0 amide bonds. The highest BCUT2D eigenvalue weighted by atomic mass is 32.2. The van der Waals surface area contributed by atoms with Crippen molar-refractivity contribution in [2.75, 3.05) is 25.6 Å². The first-order valence-electron chi connectivity index (χ1n) is 8.45. The lowest BCUT2D eigenvalue weighted by Gasteiger charge is -2.21. The second-order valence-corrected chi connectivity index (χ2v) is 6.83. The number of aromatic nitrogens is 3. The molecular formula is C18H21N3O4S. The van der Waals surface area contributed by atoms with E-state index in [0.29, 0.717) is 37.8 Å². The number of rotatable bonds is 8. The molecule has 0 unspecified atom stereocenters. The highest BCUT2D eigenvalue weighted by Crippen LogP contribution is 2.24. The number of hydrogen-bond donors (Lipinski definition) is 0. The largest absolute Gasteiger partial charge is 0.465 e. The SMILES string of the molecule is CC1(CCCOC(=O)CSc2nccc(-c3ccccn3)n2)OCCO1. The predicted octanol–water partition coefficient (Wildman–Crippen LogP) is 2.72. The molecule has 3 rings (SSSR count). The van der Waals surface area contributed by atoms with Crippen LogP contribution in [0.5, 0.6) is 0 Å². The van der Waals surface area contributed by atoms with E-state index in [1.54, 1.807) is 18.5 Å². The fourth-order valence-corrected chi connectivity index (χ4v) is 3.14. The van der Waals surface area contributed by atoms with Crippen molar-refractivity contribution in [3.63, 3.8) is 0 Å². The summed E-state index contributed by atoms with van der Waals surface area (Å²) in [7, 11) is 0. The molecule has 0 N–H and O–H groups in total. The Hall–Kier alpha value is -2.03. The zero-order chi connectivity index (χ0) is 18.2. The number of ether oxygens (including phenoxy) is 3. The predicted molar refractivity (Wildman–Crippen MR) is 96.5 cm³/mol. The zero-order valence-corrected chi connectivity index (χ0v) is 15.4. The Morgan fingerprint density at radius 1 is 1.19 bits per heavy atom. The maximum absolute atomic E-state index is 11.9. The van der Waals surface area contributed by atoms with E-state index < -0.39 is 5.79 Å². The quantitative estimate of drug-likeness (QED) is 0.301. The smallest absolute Gasteiger partial charge is 0.316 e. The molecule has 3 heterocycles. The normalized spacial score (nSPS) is 15.7. The van der Waals surface area contributed by atoms with Gasteiger partial charge in [0, 0.05) is 18.8 Å². The number of thioether (sulfide) groups is 1. The molecule has 0 radical (unpaired) electrons. The standard InChI is InChI=1S/C18H21N3O4S/c1-18(24-11-12-25-18)7-4-10-23-16(22)13-26-17-20-9-6-15(21-17)14-5-2-3-8-19-14/h2-3,5-6,8-9H,4,7,10-13H2,1H3. The van der Waals surface area contributed by atoms with Gasteiger partial charge < -0.3 is 14.2 Å². The number of esters is 1. The Morgan fingerprint density at radius 2 is 2.04 bits per heavy atom. The van der Waals surface area contributed by atoms with Gasteiger partial charge in [-0.25, -0.2) is 9.97 Å². The number of nitrogens with zero attached hydrogens (tertiary/aromatic N) is 3. The highest BCUT2D eigenvalue weighted by Gasteiger charge is 2.30. The van der Waals surface area contributed by atoms with Gasteiger partial charge in [0.2, 0.25) is 0 Å². The van der Waals surface area contributed by atoms with Crippen LogP contribution in [0.3, 0.4) is 0 Å². The van der Waals surface area contributed by atoms with Crippen LogP contribution in [0.2, 0.25) is 0 Å². The zero-order valence-electron chi connectivity index (χ0n) is 14.6. The lowest BCUT2D eigenvalue weighted by molar-refractivity contribution is -0.153. The van der Waals surface area contributed by atoms with E-state index in [1.807, 2.05) is 25.1 Å². The van der Waals surface area contributed by atoms with Gasteiger partial charge >= 0.3 is 5.97 Å². The Kier molecular flexibility index (Phi) is 6.54. The van der Waals surface area contributed by atoms with E-state index in [4.69, 9.17) is 14.2 Å². The van der Waals surface area contributed by atoms with Gasteiger partial charge in [0.1, 0.15) is 0 Å². The second-order valence-electron chi connectivity index (χ2n) is 5.88. The van der Waals surface area contributed by atoms with Crippen LogP contribution in [-0.4, -0.2) is 52.3 Å². The number of hydrogen-bond acceptors (Lipinski definition) is 8. The van der Waals surface area contributed by atoms with Crippen LogP contribution < -0.4 is 0 Å². The Labute approximate surface area is 156 Å². The van der Waals surface area contributed by atoms with E-state index in [0.717, 1.165) is 11.4 Å². The van der Waals surface area contributed by atoms with E-state index in [1.165, 1.54) is 11.8 Å².